The van der Waals surface area contributed by atoms with Gasteiger partial charge in [-0.15, -0.1) is 0 Å². The maximum Gasteiger partial charge on any atom is 0.259 e. The minimum atomic E-state index is -0.622. The van der Waals surface area contributed by atoms with Crippen molar-refractivity contribution in [2.75, 3.05) is 0 Å². The first kappa shape index (κ1) is 18.7. The Hall–Kier alpha value is -3.67. The lowest BCUT2D eigenvalue weighted by atomic mass is 9.93. The quantitative estimate of drug-likeness (QED) is 0.634. The molecule has 0 bridgehead atoms. The lowest BCUT2D eigenvalue weighted by Crippen LogP contribution is -2.37. The number of halogens is 2. The third-order valence-electron chi connectivity index (χ3n) is 4.67. The molecule has 0 aliphatic carbocycles. The molecule has 3 aromatic rings. The molecule has 1 amide bonds. The second-order valence-electron chi connectivity index (χ2n) is 6.66. The van der Waals surface area contributed by atoms with Gasteiger partial charge in [0.15, 0.2) is 0 Å². The largest absolute Gasteiger partial charge is 0.309 e. The van der Waals surface area contributed by atoms with E-state index in [9.17, 15) is 13.6 Å². The van der Waals surface area contributed by atoms with E-state index in [1.165, 1.54) is 30.3 Å². The van der Waals surface area contributed by atoms with Crippen molar-refractivity contribution in [3.05, 3.63) is 95.6 Å². The van der Waals surface area contributed by atoms with E-state index in [1.807, 2.05) is 25.1 Å². The number of hydrogen-bond acceptors (Lipinski definition) is 3. The van der Waals surface area contributed by atoms with Crippen molar-refractivity contribution < 1.29 is 13.6 Å². The van der Waals surface area contributed by atoms with Gasteiger partial charge in [-0.25, -0.2) is 13.8 Å². The summed E-state index contributed by atoms with van der Waals surface area (Å²) < 4.78 is 27.5. The summed E-state index contributed by atoms with van der Waals surface area (Å²) in [6, 6.07) is 19.0. The number of amides is 1. The second-order valence-corrected chi connectivity index (χ2v) is 6.66. The molecule has 0 fully saturated rings. The Labute approximate surface area is 166 Å². The van der Waals surface area contributed by atoms with Crippen LogP contribution in [0.25, 0.3) is 0 Å². The Morgan fingerprint density at radius 3 is 2.17 bits per heavy atom. The number of carbonyl (C=O) groups excluding carboxylic acids is 1. The topological polar surface area (TPSA) is 53.8 Å². The van der Waals surface area contributed by atoms with Gasteiger partial charge in [0.25, 0.3) is 5.91 Å². The standard InChI is InChI=1S/C23H17F2N3O/c1-14-21(15-10-12-16(24)13-11-15)22(27-20-9-5-4-8-19(20)26-14)28-23(29)17-6-2-3-7-18(17)25/h2-13,21H,1H3,(H,27,28,29). The first-order valence-electron chi connectivity index (χ1n) is 9.07. The highest BCUT2D eigenvalue weighted by atomic mass is 19.1. The summed E-state index contributed by atoms with van der Waals surface area (Å²) in [6.07, 6.45) is 0. The van der Waals surface area contributed by atoms with E-state index in [0.717, 1.165) is 0 Å². The maximum absolute atomic E-state index is 14.1. The summed E-state index contributed by atoms with van der Waals surface area (Å²) in [7, 11) is 0. The molecule has 0 spiro atoms. The zero-order valence-electron chi connectivity index (χ0n) is 15.6. The monoisotopic (exact) mass is 389 g/mol. The number of aliphatic imine (C=N–C) groups is 2. The summed E-state index contributed by atoms with van der Waals surface area (Å²) in [5, 5.41) is 2.75. The average molecular weight is 389 g/mol. The number of nitrogens with one attached hydrogen (secondary N) is 1. The van der Waals surface area contributed by atoms with Crippen LogP contribution in [-0.2, 0) is 0 Å². The van der Waals surface area contributed by atoms with E-state index >= 15 is 0 Å². The Kier molecular flexibility index (Phi) is 4.99. The molecule has 4 nitrogen and oxygen atoms in total. The summed E-state index contributed by atoms with van der Waals surface area (Å²) in [6.45, 7) is 1.82. The Balaban J connectivity index is 1.81. The lowest BCUT2D eigenvalue weighted by Gasteiger charge is -2.19. The molecular formula is C23H17F2N3O. The molecule has 1 N–H and O–H groups in total. The van der Waals surface area contributed by atoms with E-state index in [1.54, 1.807) is 24.3 Å². The van der Waals surface area contributed by atoms with Crippen LogP contribution in [-0.4, -0.2) is 17.5 Å². The fraction of sp³-hybridized carbons (Fsp3) is 0.0870. The third-order valence-corrected chi connectivity index (χ3v) is 4.67. The van der Waals surface area contributed by atoms with E-state index < -0.39 is 17.6 Å². The van der Waals surface area contributed by atoms with Crippen LogP contribution in [0.5, 0.6) is 0 Å². The van der Waals surface area contributed by atoms with E-state index in [0.29, 0.717) is 28.5 Å². The minimum absolute atomic E-state index is 0.0832. The summed E-state index contributed by atoms with van der Waals surface area (Å²) in [5.74, 6) is -1.81. The SMILES string of the molecule is CC1=Nc2ccccc2N=C(NC(=O)c2ccccc2F)C1c1ccc(F)cc1. The fourth-order valence-electron chi connectivity index (χ4n) is 3.28. The Morgan fingerprint density at radius 2 is 1.48 bits per heavy atom. The number of fused-ring (bicyclic) bond motifs is 1. The van der Waals surface area contributed by atoms with Gasteiger partial charge in [0, 0.05) is 5.71 Å². The molecule has 0 saturated carbocycles. The number of nitrogens with zero attached hydrogens (tertiary/aromatic N) is 2. The molecule has 0 saturated heterocycles. The van der Waals surface area contributed by atoms with Gasteiger partial charge in [0.2, 0.25) is 0 Å². The smallest absolute Gasteiger partial charge is 0.259 e. The van der Waals surface area contributed by atoms with Crippen LogP contribution in [0, 0.1) is 11.6 Å². The van der Waals surface area contributed by atoms with Crippen molar-refractivity contribution >= 4 is 28.8 Å². The molecule has 29 heavy (non-hydrogen) atoms. The van der Waals surface area contributed by atoms with Crippen molar-refractivity contribution in [1.29, 1.82) is 0 Å². The molecule has 1 aliphatic heterocycles. The van der Waals surface area contributed by atoms with Gasteiger partial charge in [0.1, 0.15) is 17.5 Å². The first-order chi connectivity index (χ1) is 14.0. The molecule has 1 atom stereocenters. The normalized spacial score (nSPS) is 15.6. The number of amidine groups is 1. The second kappa shape index (κ2) is 7.75. The Bertz CT molecular complexity index is 1140. The molecule has 4 rings (SSSR count). The molecule has 6 heteroatoms. The predicted octanol–water partition coefficient (Wildman–Crippen LogP) is 5.31. The lowest BCUT2D eigenvalue weighted by molar-refractivity contribution is 0.0972. The van der Waals surface area contributed by atoms with Gasteiger partial charge in [-0.3, -0.25) is 9.79 Å². The van der Waals surface area contributed by atoms with Crippen LogP contribution < -0.4 is 5.32 Å². The van der Waals surface area contributed by atoms with Crippen molar-refractivity contribution in [2.24, 2.45) is 9.98 Å². The Morgan fingerprint density at radius 1 is 0.862 bits per heavy atom. The highest BCUT2D eigenvalue weighted by molar-refractivity contribution is 6.19. The van der Waals surface area contributed by atoms with Gasteiger partial charge in [-0.2, -0.15) is 0 Å². The molecular weight excluding hydrogens is 372 g/mol. The van der Waals surface area contributed by atoms with Crippen LogP contribution in [0.4, 0.5) is 20.2 Å². The zero-order chi connectivity index (χ0) is 20.4. The van der Waals surface area contributed by atoms with Crippen LogP contribution in [0.15, 0.2) is 82.8 Å². The molecule has 1 heterocycles. The number of benzene rings is 3. The number of rotatable bonds is 2. The minimum Gasteiger partial charge on any atom is -0.309 e. The number of hydrogen-bond donors (Lipinski definition) is 1. The fourth-order valence-corrected chi connectivity index (χ4v) is 3.28. The maximum atomic E-state index is 14.1. The highest BCUT2D eigenvalue weighted by Crippen LogP contribution is 2.34. The van der Waals surface area contributed by atoms with Crippen molar-refractivity contribution in [3.8, 4) is 0 Å². The molecule has 3 aromatic carbocycles. The first-order valence-corrected chi connectivity index (χ1v) is 9.07. The number of carbonyl (C=O) groups is 1. The highest BCUT2D eigenvalue weighted by Gasteiger charge is 2.27. The summed E-state index contributed by atoms with van der Waals surface area (Å²) in [4.78, 5) is 22.0. The van der Waals surface area contributed by atoms with Crippen LogP contribution in [0.3, 0.4) is 0 Å². The zero-order valence-corrected chi connectivity index (χ0v) is 15.6. The van der Waals surface area contributed by atoms with Crippen LogP contribution in [0.1, 0.15) is 28.8 Å². The van der Waals surface area contributed by atoms with E-state index in [-0.39, 0.29) is 11.4 Å². The van der Waals surface area contributed by atoms with Gasteiger partial charge in [-0.05, 0) is 48.9 Å². The van der Waals surface area contributed by atoms with Crippen molar-refractivity contribution in [3.63, 3.8) is 0 Å². The number of para-hydroxylation sites is 2. The van der Waals surface area contributed by atoms with Crippen molar-refractivity contribution in [1.82, 2.24) is 5.32 Å². The summed E-state index contributed by atoms with van der Waals surface area (Å²) in [5.41, 5.74) is 2.55. The van der Waals surface area contributed by atoms with E-state index in [2.05, 4.69) is 15.3 Å². The van der Waals surface area contributed by atoms with Gasteiger partial charge < -0.3 is 5.32 Å². The molecule has 1 unspecified atom stereocenters. The average Bonchev–Trinajstić information content (AvgIpc) is 2.84. The molecule has 1 aliphatic rings. The summed E-state index contributed by atoms with van der Waals surface area (Å²) >= 11 is 0. The van der Waals surface area contributed by atoms with Crippen LogP contribution >= 0.6 is 0 Å². The van der Waals surface area contributed by atoms with Crippen LogP contribution in [0.2, 0.25) is 0 Å². The molecule has 0 radical (unpaired) electrons. The predicted molar refractivity (Wildman–Crippen MR) is 109 cm³/mol. The van der Waals surface area contributed by atoms with Crippen molar-refractivity contribution in [2.45, 2.75) is 12.8 Å². The van der Waals surface area contributed by atoms with E-state index in [4.69, 9.17) is 0 Å². The van der Waals surface area contributed by atoms with Gasteiger partial charge in [-0.1, -0.05) is 36.4 Å². The third kappa shape index (κ3) is 3.82. The molecule has 144 valence electrons. The molecule has 0 aromatic heterocycles. The van der Waals surface area contributed by atoms with Gasteiger partial charge >= 0.3 is 0 Å². The van der Waals surface area contributed by atoms with Gasteiger partial charge in [0.05, 0.1) is 22.9 Å².